The van der Waals surface area contributed by atoms with Gasteiger partial charge in [-0.3, -0.25) is 14.9 Å². The maximum Gasteiger partial charge on any atom is 0.277 e. The van der Waals surface area contributed by atoms with Gasteiger partial charge in [0.05, 0.1) is 11.0 Å². The van der Waals surface area contributed by atoms with Crippen LogP contribution in [0.4, 0.5) is 11.5 Å². The smallest absolute Gasteiger partial charge is 0.277 e. The van der Waals surface area contributed by atoms with Gasteiger partial charge >= 0.3 is 0 Å². The van der Waals surface area contributed by atoms with Crippen molar-refractivity contribution >= 4 is 17.4 Å². The number of rotatable bonds is 7. The Labute approximate surface area is 105 Å². The van der Waals surface area contributed by atoms with Gasteiger partial charge in [-0.1, -0.05) is 0 Å². The summed E-state index contributed by atoms with van der Waals surface area (Å²) in [5.74, 6) is 0.144. The zero-order valence-electron chi connectivity index (χ0n) is 10.2. The van der Waals surface area contributed by atoms with Crippen LogP contribution in [0.15, 0.2) is 12.3 Å². The molecule has 18 heavy (non-hydrogen) atoms. The SMILES string of the molecule is Cc1cnc(NCCCCC(N)=O)cc1[N+](=O)[O-]. The van der Waals surface area contributed by atoms with E-state index in [1.54, 1.807) is 6.92 Å². The lowest BCUT2D eigenvalue weighted by molar-refractivity contribution is -0.385. The number of unbranched alkanes of at least 4 members (excludes halogenated alkanes) is 1. The summed E-state index contributed by atoms with van der Waals surface area (Å²) in [7, 11) is 0. The third-order valence-electron chi connectivity index (χ3n) is 2.43. The number of nitrogens with one attached hydrogen (secondary N) is 1. The van der Waals surface area contributed by atoms with E-state index in [-0.39, 0.29) is 11.6 Å². The van der Waals surface area contributed by atoms with Gasteiger partial charge in [0, 0.05) is 24.7 Å². The standard InChI is InChI=1S/C11H16N4O3/c1-8-7-14-11(6-9(8)15(17)18)13-5-3-2-4-10(12)16/h6-7H,2-5H2,1H3,(H2,12,16)(H,13,14). The molecule has 0 aliphatic carbocycles. The van der Waals surface area contributed by atoms with Crippen molar-refractivity contribution in [3.8, 4) is 0 Å². The number of primary amides is 1. The van der Waals surface area contributed by atoms with E-state index < -0.39 is 4.92 Å². The number of hydrogen-bond donors (Lipinski definition) is 2. The van der Waals surface area contributed by atoms with Crippen molar-refractivity contribution < 1.29 is 9.72 Å². The maximum absolute atomic E-state index is 10.7. The highest BCUT2D eigenvalue weighted by molar-refractivity contribution is 5.73. The number of nitrogens with zero attached hydrogens (tertiary/aromatic N) is 2. The first-order valence-corrected chi connectivity index (χ1v) is 5.64. The molecule has 1 aromatic rings. The maximum atomic E-state index is 10.7. The Morgan fingerprint density at radius 3 is 2.89 bits per heavy atom. The van der Waals surface area contributed by atoms with Gasteiger partial charge in [0.1, 0.15) is 5.82 Å². The minimum Gasteiger partial charge on any atom is -0.370 e. The average molecular weight is 252 g/mol. The van der Waals surface area contributed by atoms with Crippen LogP contribution in [-0.4, -0.2) is 22.4 Å². The second-order valence-electron chi connectivity index (χ2n) is 3.96. The van der Waals surface area contributed by atoms with Crippen LogP contribution in [0.2, 0.25) is 0 Å². The molecule has 7 heteroatoms. The van der Waals surface area contributed by atoms with Crippen molar-refractivity contribution in [2.24, 2.45) is 5.73 Å². The summed E-state index contributed by atoms with van der Waals surface area (Å²) in [5.41, 5.74) is 5.58. The van der Waals surface area contributed by atoms with Crippen LogP contribution in [0.1, 0.15) is 24.8 Å². The monoisotopic (exact) mass is 252 g/mol. The van der Waals surface area contributed by atoms with Crippen molar-refractivity contribution in [3.05, 3.63) is 27.9 Å². The number of anilines is 1. The number of nitrogens with two attached hydrogens (primary N) is 1. The molecule has 0 aliphatic heterocycles. The molecule has 0 radical (unpaired) electrons. The molecular formula is C11H16N4O3. The molecule has 0 atom stereocenters. The Balaban J connectivity index is 2.45. The first-order chi connectivity index (χ1) is 8.50. The molecule has 1 rings (SSSR count). The quantitative estimate of drug-likeness (QED) is 0.432. The Morgan fingerprint density at radius 2 is 2.28 bits per heavy atom. The molecule has 0 aromatic carbocycles. The molecule has 0 aliphatic rings. The molecule has 1 aromatic heterocycles. The molecular weight excluding hydrogens is 236 g/mol. The van der Waals surface area contributed by atoms with Crippen LogP contribution >= 0.6 is 0 Å². The Morgan fingerprint density at radius 1 is 1.56 bits per heavy atom. The highest BCUT2D eigenvalue weighted by atomic mass is 16.6. The summed E-state index contributed by atoms with van der Waals surface area (Å²) in [4.78, 5) is 24.8. The molecule has 0 fully saturated rings. The molecule has 0 spiro atoms. The molecule has 0 saturated heterocycles. The predicted molar refractivity (Wildman–Crippen MR) is 67.2 cm³/mol. The fraction of sp³-hybridized carbons (Fsp3) is 0.455. The van der Waals surface area contributed by atoms with Crippen LogP contribution in [0, 0.1) is 17.0 Å². The van der Waals surface area contributed by atoms with Gasteiger partial charge < -0.3 is 11.1 Å². The summed E-state index contributed by atoms with van der Waals surface area (Å²) < 4.78 is 0. The number of carbonyl (C=O) groups excluding carboxylic acids is 1. The highest BCUT2D eigenvalue weighted by Gasteiger charge is 2.11. The van der Waals surface area contributed by atoms with Gasteiger partial charge in [0.2, 0.25) is 5.91 Å². The van der Waals surface area contributed by atoms with E-state index in [2.05, 4.69) is 10.3 Å². The van der Waals surface area contributed by atoms with Gasteiger partial charge in [-0.25, -0.2) is 4.98 Å². The van der Waals surface area contributed by atoms with E-state index in [0.29, 0.717) is 30.8 Å². The largest absolute Gasteiger partial charge is 0.370 e. The lowest BCUT2D eigenvalue weighted by atomic mass is 10.2. The van der Waals surface area contributed by atoms with Crippen LogP contribution in [0.3, 0.4) is 0 Å². The lowest BCUT2D eigenvalue weighted by Gasteiger charge is -2.05. The van der Waals surface area contributed by atoms with Crippen LogP contribution in [-0.2, 0) is 4.79 Å². The summed E-state index contributed by atoms with van der Waals surface area (Å²) in [5, 5.41) is 13.7. The van der Waals surface area contributed by atoms with Gasteiger partial charge in [-0.2, -0.15) is 0 Å². The van der Waals surface area contributed by atoms with E-state index in [0.717, 1.165) is 6.42 Å². The van der Waals surface area contributed by atoms with Crippen molar-refractivity contribution in [2.45, 2.75) is 26.2 Å². The summed E-state index contributed by atoms with van der Waals surface area (Å²) in [6, 6.07) is 1.41. The number of hydrogen-bond acceptors (Lipinski definition) is 5. The molecule has 0 unspecified atom stereocenters. The summed E-state index contributed by atoms with van der Waals surface area (Å²) in [6.45, 7) is 2.24. The van der Waals surface area contributed by atoms with Gasteiger partial charge in [-0.05, 0) is 19.8 Å². The van der Waals surface area contributed by atoms with Crippen molar-refractivity contribution in [1.29, 1.82) is 0 Å². The lowest BCUT2D eigenvalue weighted by Crippen LogP contribution is -2.11. The van der Waals surface area contributed by atoms with Gasteiger partial charge in [-0.15, -0.1) is 0 Å². The van der Waals surface area contributed by atoms with Crippen molar-refractivity contribution in [3.63, 3.8) is 0 Å². The fourth-order valence-electron chi connectivity index (χ4n) is 1.45. The zero-order valence-corrected chi connectivity index (χ0v) is 10.2. The molecule has 98 valence electrons. The summed E-state index contributed by atoms with van der Waals surface area (Å²) >= 11 is 0. The zero-order chi connectivity index (χ0) is 13.5. The third-order valence-corrected chi connectivity index (χ3v) is 2.43. The van der Waals surface area contributed by atoms with Gasteiger partial charge in [0.25, 0.3) is 5.69 Å². The predicted octanol–water partition coefficient (Wildman–Crippen LogP) is 1.37. The Bertz CT molecular complexity index is 448. The normalized spacial score (nSPS) is 10.1. The number of carbonyl (C=O) groups is 1. The number of aryl methyl sites for hydroxylation is 1. The Hall–Kier alpha value is -2.18. The van der Waals surface area contributed by atoms with E-state index in [4.69, 9.17) is 5.73 Å². The number of pyridine rings is 1. The van der Waals surface area contributed by atoms with Gasteiger partial charge in [0.15, 0.2) is 0 Å². The van der Waals surface area contributed by atoms with E-state index in [9.17, 15) is 14.9 Å². The first-order valence-electron chi connectivity index (χ1n) is 5.64. The molecule has 1 amide bonds. The second kappa shape index (κ2) is 6.53. The van der Waals surface area contributed by atoms with E-state index in [1.807, 2.05) is 0 Å². The highest BCUT2D eigenvalue weighted by Crippen LogP contribution is 2.19. The average Bonchev–Trinajstić information content (AvgIpc) is 2.30. The molecule has 1 heterocycles. The third kappa shape index (κ3) is 4.36. The van der Waals surface area contributed by atoms with Crippen LogP contribution in [0.25, 0.3) is 0 Å². The fourth-order valence-corrected chi connectivity index (χ4v) is 1.45. The van der Waals surface area contributed by atoms with Crippen molar-refractivity contribution in [1.82, 2.24) is 4.98 Å². The number of aromatic nitrogens is 1. The Kier molecular flexibility index (Phi) is 5.04. The second-order valence-corrected chi connectivity index (χ2v) is 3.96. The number of amides is 1. The van der Waals surface area contributed by atoms with Crippen LogP contribution < -0.4 is 11.1 Å². The van der Waals surface area contributed by atoms with Crippen LogP contribution in [0.5, 0.6) is 0 Å². The molecule has 7 nitrogen and oxygen atoms in total. The van der Waals surface area contributed by atoms with E-state index in [1.165, 1.54) is 12.3 Å². The molecule has 0 saturated carbocycles. The minimum absolute atomic E-state index is 0.0460. The van der Waals surface area contributed by atoms with Crippen molar-refractivity contribution in [2.75, 3.05) is 11.9 Å². The van der Waals surface area contributed by atoms with E-state index >= 15 is 0 Å². The first kappa shape index (κ1) is 13.9. The summed E-state index contributed by atoms with van der Waals surface area (Å²) in [6.07, 6.45) is 3.26. The molecule has 0 bridgehead atoms. The number of nitro groups is 1. The molecule has 3 N–H and O–H groups in total. The minimum atomic E-state index is -0.435. The topological polar surface area (TPSA) is 111 Å².